The van der Waals surface area contributed by atoms with E-state index in [0.29, 0.717) is 17.9 Å². The van der Waals surface area contributed by atoms with Crippen LogP contribution in [-0.2, 0) is 14.3 Å². The van der Waals surface area contributed by atoms with Gasteiger partial charge in [0.15, 0.2) is 0 Å². The molecule has 23 heavy (non-hydrogen) atoms. The summed E-state index contributed by atoms with van der Waals surface area (Å²) in [6.45, 7) is 2.66. The highest BCUT2D eigenvalue weighted by Gasteiger charge is 2.32. The van der Waals surface area contributed by atoms with Gasteiger partial charge in [0.25, 0.3) is 0 Å². The Hall–Kier alpha value is -2.34. The Labute approximate surface area is 134 Å². The zero-order chi connectivity index (χ0) is 16.2. The summed E-state index contributed by atoms with van der Waals surface area (Å²) in [5, 5.41) is 5.42. The van der Waals surface area contributed by atoms with Gasteiger partial charge in [-0.1, -0.05) is 30.3 Å². The molecule has 1 aromatic carbocycles. The monoisotopic (exact) mass is 316 g/mol. The maximum absolute atomic E-state index is 12.5. The summed E-state index contributed by atoms with van der Waals surface area (Å²) in [5.74, 6) is -0.431. The summed E-state index contributed by atoms with van der Waals surface area (Å²) in [6.07, 6.45) is 1.87. The molecule has 0 spiro atoms. The molecule has 2 atom stereocenters. The fraction of sp³-hybridized carbons (Fsp3) is 0.412. The van der Waals surface area contributed by atoms with Crippen molar-refractivity contribution >= 4 is 12.0 Å². The van der Waals surface area contributed by atoms with Crippen LogP contribution >= 0.6 is 0 Å². The van der Waals surface area contributed by atoms with Crippen molar-refractivity contribution < 1.29 is 19.1 Å². The molecule has 2 heterocycles. The SMILES string of the molecule is CC1=C(C(=O)OC[C@H]2CCCO2)[C@@H](c2ccccc2)NC(=O)N1. The molecule has 1 fully saturated rings. The highest BCUT2D eigenvalue weighted by atomic mass is 16.6. The Balaban J connectivity index is 1.78. The van der Waals surface area contributed by atoms with Crippen molar-refractivity contribution in [3.63, 3.8) is 0 Å². The molecule has 0 bridgehead atoms. The van der Waals surface area contributed by atoms with Crippen LogP contribution in [0.5, 0.6) is 0 Å². The van der Waals surface area contributed by atoms with Gasteiger partial charge in [0, 0.05) is 12.3 Å². The van der Waals surface area contributed by atoms with E-state index in [0.717, 1.165) is 18.4 Å². The van der Waals surface area contributed by atoms with Gasteiger partial charge in [0.1, 0.15) is 6.61 Å². The fourth-order valence-electron chi connectivity index (χ4n) is 2.88. The topological polar surface area (TPSA) is 76.7 Å². The van der Waals surface area contributed by atoms with Gasteiger partial charge < -0.3 is 20.1 Å². The Morgan fingerprint density at radius 1 is 1.35 bits per heavy atom. The lowest BCUT2D eigenvalue weighted by atomic mass is 9.96. The minimum absolute atomic E-state index is 0.0267. The van der Waals surface area contributed by atoms with Gasteiger partial charge >= 0.3 is 12.0 Å². The molecule has 2 amide bonds. The molecule has 2 N–H and O–H groups in total. The van der Waals surface area contributed by atoms with E-state index in [1.54, 1.807) is 6.92 Å². The smallest absolute Gasteiger partial charge is 0.338 e. The summed E-state index contributed by atoms with van der Waals surface area (Å²) in [5.41, 5.74) is 1.78. The summed E-state index contributed by atoms with van der Waals surface area (Å²) < 4.78 is 10.9. The van der Waals surface area contributed by atoms with Crippen LogP contribution in [0.25, 0.3) is 0 Å². The molecule has 0 aliphatic carbocycles. The van der Waals surface area contributed by atoms with Crippen molar-refractivity contribution in [3.8, 4) is 0 Å². The molecular formula is C17H20N2O4. The third-order valence-electron chi connectivity index (χ3n) is 4.05. The zero-order valence-corrected chi connectivity index (χ0v) is 13.0. The lowest BCUT2D eigenvalue weighted by molar-refractivity contribution is -0.142. The van der Waals surface area contributed by atoms with Crippen molar-refractivity contribution in [2.24, 2.45) is 0 Å². The van der Waals surface area contributed by atoms with Gasteiger partial charge in [0.2, 0.25) is 0 Å². The second kappa shape index (κ2) is 6.83. The van der Waals surface area contributed by atoms with Crippen LogP contribution in [0.4, 0.5) is 4.79 Å². The van der Waals surface area contributed by atoms with E-state index < -0.39 is 12.0 Å². The van der Waals surface area contributed by atoms with E-state index >= 15 is 0 Å². The largest absolute Gasteiger partial charge is 0.459 e. The lowest BCUT2D eigenvalue weighted by Gasteiger charge is -2.28. The highest BCUT2D eigenvalue weighted by Crippen LogP contribution is 2.27. The number of benzene rings is 1. The molecular weight excluding hydrogens is 296 g/mol. The maximum Gasteiger partial charge on any atom is 0.338 e. The fourth-order valence-corrected chi connectivity index (χ4v) is 2.88. The van der Waals surface area contributed by atoms with Crippen molar-refractivity contribution in [3.05, 3.63) is 47.2 Å². The zero-order valence-electron chi connectivity index (χ0n) is 13.0. The summed E-state index contributed by atoms with van der Waals surface area (Å²) in [7, 11) is 0. The molecule has 1 saturated heterocycles. The van der Waals surface area contributed by atoms with Crippen molar-refractivity contribution in [1.82, 2.24) is 10.6 Å². The first-order chi connectivity index (χ1) is 11.1. The van der Waals surface area contributed by atoms with E-state index in [1.165, 1.54) is 0 Å². The molecule has 1 aromatic rings. The normalized spacial score (nSPS) is 24.1. The van der Waals surface area contributed by atoms with E-state index in [1.807, 2.05) is 30.3 Å². The second-order valence-corrected chi connectivity index (χ2v) is 5.71. The number of amides is 2. The van der Waals surface area contributed by atoms with Gasteiger partial charge in [-0.3, -0.25) is 0 Å². The minimum atomic E-state index is -0.512. The first-order valence-electron chi connectivity index (χ1n) is 7.77. The van der Waals surface area contributed by atoms with Crippen LogP contribution in [0.3, 0.4) is 0 Å². The van der Waals surface area contributed by atoms with Crippen LogP contribution in [0.1, 0.15) is 31.4 Å². The lowest BCUT2D eigenvalue weighted by Crippen LogP contribution is -2.45. The number of nitrogens with one attached hydrogen (secondary N) is 2. The number of carbonyl (C=O) groups excluding carboxylic acids is 2. The Morgan fingerprint density at radius 2 is 2.13 bits per heavy atom. The van der Waals surface area contributed by atoms with Crippen LogP contribution in [-0.4, -0.2) is 31.3 Å². The van der Waals surface area contributed by atoms with Crippen LogP contribution in [0.15, 0.2) is 41.6 Å². The maximum atomic E-state index is 12.5. The molecule has 3 rings (SSSR count). The second-order valence-electron chi connectivity index (χ2n) is 5.71. The van der Waals surface area contributed by atoms with Crippen molar-refractivity contribution in [2.75, 3.05) is 13.2 Å². The number of allylic oxidation sites excluding steroid dienone is 1. The van der Waals surface area contributed by atoms with Gasteiger partial charge in [-0.15, -0.1) is 0 Å². The molecule has 0 aromatic heterocycles. The summed E-state index contributed by atoms with van der Waals surface area (Å²) >= 11 is 0. The van der Waals surface area contributed by atoms with Gasteiger partial charge in [-0.25, -0.2) is 9.59 Å². The van der Waals surface area contributed by atoms with Crippen molar-refractivity contribution in [2.45, 2.75) is 31.9 Å². The van der Waals surface area contributed by atoms with Gasteiger partial charge in [-0.2, -0.15) is 0 Å². The molecule has 2 aliphatic heterocycles. The standard InChI is InChI=1S/C17H20N2O4/c1-11-14(16(20)23-10-13-8-5-9-22-13)15(19-17(21)18-11)12-6-3-2-4-7-12/h2-4,6-7,13,15H,5,8-10H2,1H3,(H2,18,19,21)/t13-,15-/m1/s1. The van der Waals surface area contributed by atoms with E-state index in [2.05, 4.69) is 10.6 Å². The number of ether oxygens (including phenoxy) is 2. The minimum Gasteiger partial charge on any atom is -0.459 e. The third-order valence-corrected chi connectivity index (χ3v) is 4.05. The van der Waals surface area contributed by atoms with Gasteiger partial charge in [0.05, 0.1) is 17.7 Å². The Kier molecular flexibility index (Phi) is 4.62. The molecule has 2 aliphatic rings. The van der Waals surface area contributed by atoms with E-state index in [4.69, 9.17) is 9.47 Å². The molecule has 122 valence electrons. The molecule has 6 nitrogen and oxygen atoms in total. The highest BCUT2D eigenvalue weighted by molar-refractivity contribution is 5.95. The Bertz CT molecular complexity index is 621. The molecule has 0 radical (unpaired) electrons. The predicted octanol–water partition coefficient (Wildman–Crippen LogP) is 2.04. The number of hydrogen-bond acceptors (Lipinski definition) is 4. The summed E-state index contributed by atoms with van der Waals surface area (Å²) in [4.78, 5) is 24.3. The summed E-state index contributed by atoms with van der Waals surface area (Å²) in [6, 6.07) is 8.53. The molecule has 6 heteroatoms. The van der Waals surface area contributed by atoms with Crippen LogP contribution < -0.4 is 10.6 Å². The number of hydrogen-bond donors (Lipinski definition) is 2. The number of rotatable bonds is 4. The van der Waals surface area contributed by atoms with Crippen LogP contribution in [0.2, 0.25) is 0 Å². The average Bonchev–Trinajstić information content (AvgIpc) is 3.06. The third kappa shape index (κ3) is 3.53. The first-order valence-corrected chi connectivity index (χ1v) is 7.77. The Morgan fingerprint density at radius 3 is 2.83 bits per heavy atom. The molecule has 0 unspecified atom stereocenters. The number of urea groups is 1. The van der Waals surface area contributed by atoms with Crippen molar-refractivity contribution in [1.29, 1.82) is 0 Å². The van der Waals surface area contributed by atoms with E-state index in [9.17, 15) is 9.59 Å². The van der Waals surface area contributed by atoms with Crippen LogP contribution in [0, 0.1) is 0 Å². The average molecular weight is 316 g/mol. The van der Waals surface area contributed by atoms with E-state index in [-0.39, 0.29) is 18.7 Å². The molecule has 0 saturated carbocycles. The number of carbonyl (C=O) groups is 2. The predicted molar refractivity (Wildman–Crippen MR) is 83.5 cm³/mol. The first kappa shape index (κ1) is 15.6. The van der Waals surface area contributed by atoms with Gasteiger partial charge in [-0.05, 0) is 25.3 Å². The number of esters is 1. The quantitative estimate of drug-likeness (QED) is 0.833.